The Morgan fingerprint density at radius 3 is 1.40 bits per heavy atom. The third-order valence-corrected chi connectivity index (χ3v) is 12.2. The van der Waals surface area contributed by atoms with Gasteiger partial charge in [0.25, 0.3) is 0 Å². The van der Waals surface area contributed by atoms with Gasteiger partial charge in [-0.2, -0.15) is 0 Å². The SMILES string of the molecule is CC1(C)c2ccccc2-c2ccc(N(c3ccc4c(c3)C(C)(C)c3c(-c5ccccc5)cc(-c5ccccc5)cc3-4)c3ccccc3-c3ccccc3)cc21. The molecule has 0 saturated heterocycles. The van der Waals surface area contributed by atoms with Gasteiger partial charge in [0.05, 0.1) is 5.69 Å². The van der Waals surface area contributed by atoms with E-state index in [1.165, 1.54) is 77.9 Å². The fourth-order valence-corrected chi connectivity index (χ4v) is 9.52. The van der Waals surface area contributed by atoms with Gasteiger partial charge in [-0.25, -0.2) is 0 Å². The van der Waals surface area contributed by atoms with E-state index in [4.69, 9.17) is 0 Å². The van der Waals surface area contributed by atoms with E-state index in [1.807, 2.05) is 0 Å². The van der Waals surface area contributed by atoms with Crippen LogP contribution in [-0.4, -0.2) is 0 Å². The Bertz CT molecular complexity index is 2740. The molecule has 55 heavy (non-hydrogen) atoms. The fraction of sp³-hybridized carbons (Fsp3) is 0.111. The number of nitrogens with zero attached hydrogens (tertiary/aromatic N) is 1. The summed E-state index contributed by atoms with van der Waals surface area (Å²) in [5.74, 6) is 0. The zero-order valence-electron chi connectivity index (χ0n) is 31.8. The molecule has 0 radical (unpaired) electrons. The number of rotatable bonds is 6. The van der Waals surface area contributed by atoms with E-state index in [9.17, 15) is 0 Å². The summed E-state index contributed by atoms with van der Waals surface area (Å²) >= 11 is 0. The zero-order valence-corrected chi connectivity index (χ0v) is 31.8. The lowest BCUT2D eigenvalue weighted by molar-refractivity contribution is 0.660. The molecule has 10 rings (SSSR count). The van der Waals surface area contributed by atoms with Gasteiger partial charge in [-0.15, -0.1) is 0 Å². The molecule has 2 aliphatic carbocycles. The van der Waals surface area contributed by atoms with Crippen molar-refractivity contribution in [3.63, 3.8) is 0 Å². The Morgan fingerprint density at radius 1 is 0.309 bits per heavy atom. The highest BCUT2D eigenvalue weighted by Gasteiger charge is 2.40. The predicted molar refractivity (Wildman–Crippen MR) is 233 cm³/mol. The Kier molecular flexibility index (Phi) is 7.58. The van der Waals surface area contributed by atoms with Crippen LogP contribution in [0, 0.1) is 0 Å². The van der Waals surface area contributed by atoms with Gasteiger partial charge in [-0.1, -0.05) is 173 Å². The van der Waals surface area contributed by atoms with Crippen LogP contribution in [-0.2, 0) is 10.8 Å². The highest BCUT2D eigenvalue weighted by molar-refractivity contribution is 5.95. The first-order chi connectivity index (χ1) is 26.8. The first kappa shape index (κ1) is 33.2. The minimum absolute atomic E-state index is 0.113. The molecule has 0 fully saturated rings. The molecule has 0 spiro atoms. The Balaban J connectivity index is 1.19. The first-order valence-corrected chi connectivity index (χ1v) is 19.4. The van der Waals surface area contributed by atoms with Crippen molar-refractivity contribution in [2.45, 2.75) is 38.5 Å². The van der Waals surface area contributed by atoms with Gasteiger partial charge >= 0.3 is 0 Å². The molecule has 0 aromatic heterocycles. The molecule has 0 N–H and O–H groups in total. The summed E-state index contributed by atoms with van der Waals surface area (Å²) in [6, 6.07) is 69.5. The number of fused-ring (bicyclic) bond motifs is 6. The van der Waals surface area contributed by atoms with Gasteiger partial charge in [0, 0.05) is 27.8 Å². The molecule has 2 aliphatic rings. The van der Waals surface area contributed by atoms with Crippen LogP contribution < -0.4 is 4.90 Å². The molecule has 0 heterocycles. The molecule has 0 saturated carbocycles. The molecular formula is C54H43N. The van der Waals surface area contributed by atoms with Crippen molar-refractivity contribution in [2.24, 2.45) is 0 Å². The van der Waals surface area contributed by atoms with Crippen LogP contribution in [0.3, 0.4) is 0 Å². The lowest BCUT2D eigenvalue weighted by Gasteiger charge is -2.31. The average Bonchev–Trinajstić information content (AvgIpc) is 3.60. The summed E-state index contributed by atoms with van der Waals surface area (Å²) in [4.78, 5) is 2.49. The third kappa shape index (κ3) is 5.22. The van der Waals surface area contributed by atoms with E-state index in [0.717, 1.165) is 17.1 Å². The molecule has 1 heteroatoms. The van der Waals surface area contributed by atoms with Crippen molar-refractivity contribution < 1.29 is 0 Å². The normalized spacial score (nSPS) is 14.1. The summed E-state index contributed by atoms with van der Waals surface area (Å²) in [6.07, 6.45) is 0. The molecular weight excluding hydrogens is 663 g/mol. The molecule has 264 valence electrons. The van der Waals surface area contributed by atoms with E-state index in [1.54, 1.807) is 0 Å². The van der Waals surface area contributed by atoms with E-state index < -0.39 is 0 Å². The maximum absolute atomic E-state index is 2.49. The average molecular weight is 706 g/mol. The van der Waals surface area contributed by atoms with Gasteiger partial charge in [0.1, 0.15) is 0 Å². The van der Waals surface area contributed by atoms with E-state index in [0.29, 0.717) is 0 Å². The minimum Gasteiger partial charge on any atom is -0.310 e. The largest absolute Gasteiger partial charge is 0.310 e. The van der Waals surface area contributed by atoms with Crippen molar-refractivity contribution in [1.29, 1.82) is 0 Å². The number of hydrogen-bond acceptors (Lipinski definition) is 1. The standard InChI is InChI=1S/C54H43N/c1-53(2)48-26-16-14-25-43(48)44-30-28-40(34-49(44)53)55(51-27-17-15-24-42(51)37-20-10-6-11-21-37)41-29-31-45-47-33-39(36-18-8-5-9-19-36)32-46(38-22-12-7-13-23-38)52(47)54(3,4)50(45)35-41/h5-35H,1-4H3. The second-order valence-corrected chi connectivity index (χ2v) is 16.2. The first-order valence-electron chi connectivity index (χ1n) is 19.4. The summed E-state index contributed by atoms with van der Waals surface area (Å²) in [5, 5.41) is 0. The molecule has 0 bridgehead atoms. The number of anilines is 3. The van der Waals surface area contributed by atoms with Gasteiger partial charge in [0.2, 0.25) is 0 Å². The molecule has 0 amide bonds. The van der Waals surface area contributed by atoms with Crippen molar-refractivity contribution in [3.8, 4) is 55.6 Å². The lowest BCUT2D eigenvalue weighted by atomic mass is 9.78. The van der Waals surface area contributed by atoms with Crippen molar-refractivity contribution >= 4 is 17.1 Å². The highest BCUT2D eigenvalue weighted by Crippen LogP contribution is 2.56. The zero-order chi connectivity index (χ0) is 37.3. The van der Waals surface area contributed by atoms with E-state index in [2.05, 4.69) is 221 Å². The molecule has 8 aromatic rings. The Hall–Kier alpha value is -6.44. The van der Waals surface area contributed by atoms with Crippen LogP contribution in [0.5, 0.6) is 0 Å². The summed E-state index contributed by atoms with van der Waals surface area (Å²) in [6.45, 7) is 9.56. The van der Waals surface area contributed by atoms with E-state index >= 15 is 0 Å². The molecule has 8 aromatic carbocycles. The quantitative estimate of drug-likeness (QED) is 0.166. The van der Waals surface area contributed by atoms with Crippen molar-refractivity contribution in [2.75, 3.05) is 4.90 Å². The van der Waals surface area contributed by atoms with E-state index in [-0.39, 0.29) is 10.8 Å². The maximum atomic E-state index is 2.49. The minimum atomic E-state index is -0.243. The van der Waals surface area contributed by atoms with Gasteiger partial charge in [0.15, 0.2) is 0 Å². The maximum Gasteiger partial charge on any atom is 0.0540 e. The number of hydrogen-bond donors (Lipinski definition) is 0. The third-order valence-electron chi connectivity index (χ3n) is 12.2. The smallest absolute Gasteiger partial charge is 0.0540 e. The molecule has 1 nitrogen and oxygen atoms in total. The predicted octanol–water partition coefficient (Wildman–Crippen LogP) is 14.8. The van der Waals surface area contributed by atoms with Crippen LogP contribution in [0.15, 0.2) is 188 Å². The van der Waals surface area contributed by atoms with Crippen LogP contribution in [0.4, 0.5) is 17.1 Å². The molecule has 0 atom stereocenters. The number of para-hydroxylation sites is 1. The summed E-state index contributed by atoms with van der Waals surface area (Å²) < 4.78 is 0. The lowest BCUT2D eigenvalue weighted by Crippen LogP contribution is -2.18. The molecule has 0 aliphatic heterocycles. The van der Waals surface area contributed by atoms with Crippen LogP contribution >= 0.6 is 0 Å². The van der Waals surface area contributed by atoms with Crippen LogP contribution in [0.1, 0.15) is 49.9 Å². The second-order valence-electron chi connectivity index (χ2n) is 16.2. The topological polar surface area (TPSA) is 3.24 Å². The summed E-state index contributed by atoms with van der Waals surface area (Å²) in [5.41, 5.74) is 21.3. The van der Waals surface area contributed by atoms with Gasteiger partial charge < -0.3 is 4.90 Å². The monoisotopic (exact) mass is 705 g/mol. The van der Waals surface area contributed by atoms with Crippen molar-refractivity contribution in [3.05, 3.63) is 210 Å². The number of benzene rings is 8. The Labute approximate surface area is 325 Å². The highest BCUT2D eigenvalue weighted by atomic mass is 15.1. The van der Waals surface area contributed by atoms with Crippen molar-refractivity contribution in [1.82, 2.24) is 0 Å². The molecule has 0 unspecified atom stereocenters. The van der Waals surface area contributed by atoms with Gasteiger partial charge in [-0.3, -0.25) is 0 Å². The van der Waals surface area contributed by atoms with Crippen LogP contribution in [0.2, 0.25) is 0 Å². The summed E-state index contributed by atoms with van der Waals surface area (Å²) in [7, 11) is 0. The van der Waals surface area contributed by atoms with Crippen LogP contribution in [0.25, 0.3) is 55.6 Å². The Morgan fingerprint density at radius 2 is 0.764 bits per heavy atom. The van der Waals surface area contributed by atoms with Gasteiger partial charge in [-0.05, 0) is 115 Å². The fourth-order valence-electron chi connectivity index (χ4n) is 9.52. The second kappa shape index (κ2) is 12.6.